The molecule has 98 valence electrons. The van der Waals surface area contributed by atoms with E-state index in [2.05, 4.69) is 11.4 Å². The van der Waals surface area contributed by atoms with Crippen molar-refractivity contribution in [2.75, 3.05) is 5.32 Å². The lowest BCUT2D eigenvalue weighted by Crippen LogP contribution is -2.20. The van der Waals surface area contributed by atoms with Crippen LogP contribution in [0, 0.1) is 12.7 Å². The minimum Gasteiger partial charge on any atom is -0.381 e. The van der Waals surface area contributed by atoms with Gasteiger partial charge in [-0.25, -0.2) is 4.39 Å². The van der Waals surface area contributed by atoms with E-state index in [1.165, 1.54) is 17.2 Å². The second kappa shape index (κ2) is 4.86. The first-order valence-electron chi connectivity index (χ1n) is 6.42. The zero-order valence-corrected chi connectivity index (χ0v) is 11.5. The molecular weight excluding hydrogens is 261 g/mol. The Labute approximate surface area is 117 Å². The fourth-order valence-corrected chi connectivity index (χ4v) is 2.87. The smallest absolute Gasteiger partial charge is 0.128 e. The van der Waals surface area contributed by atoms with Gasteiger partial charge in [-0.2, -0.15) is 0 Å². The number of hydrogen-bond acceptors (Lipinski definition) is 1. The number of nitrogens with one attached hydrogen (secondary N) is 1. The molecule has 0 heterocycles. The molecule has 3 rings (SSSR count). The SMILES string of the molecule is Cc1c(F)cccc1NC1Cc2ccc(Cl)cc2C1. The summed E-state index contributed by atoms with van der Waals surface area (Å²) in [6.07, 6.45) is 1.90. The molecule has 0 fully saturated rings. The van der Waals surface area contributed by atoms with E-state index < -0.39 is 0 Å². The maximum atomic E-state index is 13.5. The summed E-state index contributed by atoms with van der Waals surface area (Å²) in [5.74, 6) is -0.163. The van der Waals surface area contributed by atoms with E-state index in [1.54, 1.807) is 13.0 Å². The van der Waals surface area contributed by atoms with Crippen LogP contribution in [0.2, 0.25) is 5.02 Å². The number of fused-ring (bicyclic) bond motifs is 1. The molecule has 1 N–H and O–H groups in total. The third kappa shape index (κ3) is 2.45. The van der Waals surface area contributed by atoms with Gasteiger partial charge in [-0.3, -0.25) is 0 Å². The van der Waals surface area contributed by atoms with E-state index in [9.17, 15) is 4.39 Å². The van der Waals surface area contributed by atoms with Gasteiger partial charge in [0.15, 0.2) is 0 Å². The summed E-state index contributed by atoms with van der Waals surface area (Å²) in [5.41, 5.74) is 4.18. The molecule has 3 heteroatoms. The lowest BCUT2D eigenvalue weighted by molar-refractivity contribution is 0.618. The predicted molar refractivity (Wildman–Crippen MR) is 77.4 cm³/mol. The van der Waals surface area contributed by atoms with Gasteiger partial charge in [0.1, 0.15) is 5.82 Å². The molecule has 1 atom stereocenters. The maximum absolute atomic E-state index is 13.5. The van der Waals surface area contributed by atoms with Gasteiger partial charge in [0.25, 0.3) is 0 Å². The molecule has 0 amide bonds. The number of anilines is 1. The average Bonchev–Trinajstić information content (AvgIpc) is 2.76. The van der Waals surface area contributed by atoms with E-state index in [0.29, 0.717) is 11.6 Å². The molecule has 1 unspecified atom stereocenters. The predicted octanol–water partition coefficient (Wildman–Crippen LogP) is 4.37. The van der Waals surface area contributed by atoms with E-state index >= 15 is 0 Å². The molecule has 0 saturated heterocycles. The Morgan fingerprint density at radius 2 is 1.95 bits per heavy atom. The molecule has 1 aliphatic rings. The van der Waals surface area contributed by atoms with Crippen molar-refractivity contribution in [1.82, 2.24) is 0 Å². The van der Waals surface area contributed by atoms with E-state index in [1.807, 2.05) is 18.2 Å². The second-order valence-corrected chi connectivity index (χ2v) is 5.51. The molecule has 0 aromatic heterocycles. The first kappa shape index (κ1) is 12.5. The van der Waals surface area contributed by atoms with Crippen molar-refractivity contribution in [3.8, 4) is 0 Å². The Kier molecular flexibility index (Phi) is 3.19. The molecule has 0 aliphatic heterocycles. The molecule has 0 radical (unpaired) electrons. The summed E-state index contributed by atoms with van der Waals surface area (Å²) in [6, 6.07) is 11.5. The van der Waals surface area contributed by atoms with Crippen LogP contribution in [0.4, 0.5) is 10.1 Å². The quantitative estimate of drug-likeness (QED) is 0.858. The van der Waals surface area contributed by atoms with Crippen LogP contribution < -0.4 is 5.32 Å². The van der Waals surface area contributed by atoms with Crippen molar-refractivity contribution in [2.45, 2.75) is 25.8 Å². The zero-order valence-electron chi connectivity index (χ0n) is 10.7. The third-order valence-corrected chi connectivity index (χ3v) is 3.96. The van der Waals surface area contributed by atoms with Crippen LogP contribution in [0.25, 0.3) is 0 Å². The Morgan fingerprint density at radius 3 is 2.79 bits per heavy atom. The molecular formula is C16H15ClFN. The van der Waals surface area contributed by atoms with Crippen LogP contribution in [0.1, 0.15) is 16.7 Å². The topological polar surface area (TPSA) is 12.0 Å². The van der Waals surface area contributed by atoms with Crippen LogP contribution in [0.5, 0.6) is 0 Å². The normalized spacial score (nSPS) is 17.3. The minimum atomic E-state index is -0.163. The van der Waals surface area contributed by atoms with E-state index in [0.717, 1.165) is 23.6 Å². The Balaban J connectivity index is 1.79. The third-order valence-electron chi connectivity index (χ3n) is 3.73. The van der Waals surface area contributed by atoms with Crippen LogP contribution in [0.3, 0.4) is 0 Å². The highest BCUT2D eigenvalue weighted by Crippen LogP contribution is 2.28. The first-order valence-corrected chi connectivity index (χ1v) is 6.80. The van der Waals surface area contributed by atoms with Gasteiger partial charge in [0, 0.05) is 22.3 Å². The molecule has 1 nitrogen and oxygen atoms in total. The van der Waals surface area contributed by atoms with Crippen LogP contribution in [0.15, 0.2) is 36.4 Å². The van der Waals surface area contributed by atoms with Crippen molar-refractivity contribution >= 4 is 17.3 Å². The van der Waals surface area contributed by atoms with Crippen molar-refractivity contribution < 1.29 is 4.39 Å². The van der Waals surface area contributed by atoms with Gasteiger partial charge in [-0.15, -0.1) is 0 Å². The molecule has 2 aromatic rings. The Bertz CT molecular complexity index is 624. The summed E-state index contributed by atoms with van der Waals surface area (Å²) >= 11 is 6.01. The van der Waals surface area contributed by atoms with Gasteiger partial charge in [-0.1, -0.05) is 23.7 Å². The average molecular weight is 276 g/mol. The van der Waals surface area contributed by atoms with Crippen LogP contribution >= 0.6 is 11.6 Å². The van der Waals surface area contributed by atoms with E-state index in [-0.39, 0.29) is 5.82 Å². The lowest BCUT2D eigenvalue weighted by Gasteiger charge is -2.16. The highest BCUT2D eigenvalue weighted by Gasteiger charge is 2.22. The summed E-state index contributed by atoms with van der Waals surface area (Å²) < 4.78 is 13.5. The zero-order chi connectivity index (χ0) is 13.4. The van der Waals surface area contributed by atoms with Crippen molar-refractivity contribution in [3.05, 3.63) is 63.9 Å². The minimum absolute atomic E-state index is 0.163. The number of halogens is 2. The van der Waals surface area contributed by atoms with Crippen molar-refractivity contribution in [1.29, 1.82) is 0 Å². The molecule has 2 aromatic carbocycles. The fourth-order valence-electron chi connectivity index (χ4n) is 2.67. The molecule has 19 heavy (non-hydrogen) atoms. The Morgan fingerprint density at radius 1 is 1.16 bits per heavy atom. The van der Waals surface area contributed by atoms with Gasteiger partial charge in [-0.05, 0) is 55.2 Å². The highest BCUT2D eigenvalue weighted by molar-refractivity contribution is 6.30. The number of hydrogen-bond donors (Lipinski definition) is 1. The number of benzene rings is 2. The highest BCUT2D eigenvalue weighted by atomic mass is 35.5. The second-order valence-electron chi connectivity index (χ2n) is 5.07. The van der Waals surface area contributed by atoms with Gasteiger partial charge in [0.2, 0.25) is 0 Å². The molecule has 0 saturated carbocycles. The molecule has 0 bridgehead atoms. The summed E-state index contributed by atoms with van der Waals surface area (Å²) in [4.78, 5) is 0. The van der Waals surface area contributed by atoms with Gasteiger partial charge in [0.05, 0.1) is 0 Å². The van der Waals surface area contributed by atoms with Gasteiger partial charge >= 0.3 is 0 Å². The monoisotopic (exact) mass is 275 g/mol. The van der Waals surface area contributed by atoms with Crippen molar-refractivity contribution in [3.63, 3.8) is 0 Å². The standard InChI is InChI=1S/C16H15ClFN/c1-10-15(18)3-2-4-16(10)19-14-8-11-5-6-13(17)7-12(11)9-14/h2-7,14,19H,8-9H2,1H3. The van der Waals surface area contributed by atoms with Crippen LogP contribution in [-0.2, 0) is 12.8 Å². The van der Waals surface area contributed by atoms with Gasteiger partial charge < -0.3 is 5.32 Å². The number of rotatable bonds is 2. The van der Waals surface area contributed by atoms with Crippen molar-refractivity contribution in [2.24, 2.45) is 0 Å². The summed E-state index contributed by atoms with van der Waals surface area (Å²) in [5, 5.41) is 4.21. The molecule has 1 aliphatic carbocycles. The first-order chi connectivity index (χ1) is 9.13. The lowest BCUT2D eigenvalue weighted by atomic mass is 10.1. The Hall–Kier alpha value is -1.54. The van der Waals surface area contributed by atoms with Crippen LogP contribution in [-0.4, -0.2) is 6.04 Å². The fraction of sp³-hybridized carbons (Fsp3) is 0.250. The van der Waals surface area contributed by atoms with E-state index in [4.69, 9.17) is 11.6 Å². The maximum Gasteiger partial charge on any atom is 0.128 e. The summed E-state index contributed by atoms with van der Waals surface area (Å²) in [6.45, 7) is 1.80. The molecule has 0 spiro atoms. The summed E-state index contributed by atoms with van der Waals surface area (Å²) in [7, 11) is 0. The largest absolute Gasteiger partial charge is 0.381 e.